The first-order valence-electron chi connectivity index (χ1n) is 6.11. The normalized spacial score (nSPS) is 13.4. The first-order chi connectivity index (χ1) is 9.28. The van der Waals surface area contributed by atoms with Crippen LogP contribution in [0.1, 0.15) is 47.1 Å². The minimum Gasteiger partial charge on any atom is -0.457 e. The van der Waals surface area contributed by atoms with Crippen molar-refractivity contribution >= 4 is 18.0 Å². The molecule has 0 saturated heterocycles. The molecule has 0 atom stereocenters. The molecule has 1 aliphatic rings. The van der Waals surface area contributed by atoms with Crippen LogP contribution in [0, 0.1) is 0 Å². The van der Waals surface area contributed by atoms with E-state index in [0.717, 1.165) is 0 Å². The number of carbonyl (C=O) groups is 3. The van der Waals surface area contributed by atoms with Crippen LogP contribution in [0.3, 0.4) is 0 Å². The van der Waals surface area contributed by atoms with Gasteiger partial charge in [-0.1, -0.05) is 12.1 Å². The van der Waals surface area contributed by atoms with Gasteiger partial charge in [0.15, 0.2) is 0 Å². The summed E-state index contributed by atoms with van der Waals surface area (Å²) in [6.45, 7) is 5.21. The molecule has 0 aliphatic carbocycles. The Morgan fingerprint density at radius 2 is 2.00 bits per heavy atom. The summed E-state index contributed by atoms with van der Waals surface area (Å²) in [5.74, 6) is -1.25. The molecule has 20 heavy (non-hydrogen) atoms. The molecule has 6 nitrogen and oxygen atoms in total. The second-order valence-electron chi connectivity index (χ2n) is 5.37. The van der Waals surface area contributed by atoms with Gasteiger partial charge in [-0.25, -0.2) is 9.59 Å². The lowest BCUT2D eigenvalue weighted by atomic mass is 10.0. The number of rotatable bonds is 1. The lowest BCUT2D eigenvalue weighted by Crippen LogP contribution is -2.36. The second kappa shape index (κ2) is 4.96. The number of nitrogens with one attached hydrogen (secondary N) is 1. The molecule has 1 heterocycles. The van der Waals surface area contributed by atoms with Crippen LogP contribution in [-0.2, 0) is 16.1 Å². The van der Waals surface area contributed by atoms with E-state index >= 15 is 0 Å². The minimum absolute atomic E-state index is 0.107. The van der Waals surface area contributed by atoms with Crippen LogP contribution >= 0.6 is 0 Å². The minimum atomic E-state index is -0.855. The maximum Gasteiger partial charge on any atom is 0.414 e. The van der Waals surface area contributed by atoms with Crippen molar-refractivity contribution < 1.29 is 23.9 Å². The molecule has 0 unspecified atom stereocenters. The number of fused-ring (bicyclic) bond motifs is 1. The fraction of sp³-hybridized carbons (Fsp3) is 0.357. The van der Waals surface area contributed by atoms with Crippen molar-refractivity contribution in [1.82, 2.24) is 5.32 Å². The predicted octanol–water partition coefficient (Wildman–Crippen LogP) is 2.02. The van der Waals surface area contributed by atoms with Crippen molar-refractivity contribution in [2.75, 3.05) is 0 Å². The zero-order valence-corrected chi connectivity index (χ0v) is 11.5. The zero-order valence-electron chi connectivity index (χ0n) is 11.5. The highest BCUT2D eigenvalue weighted by Crippen LogP contribution is 2.23. The standard InChI is InChI=1S/C14H15NO5/c1-14(2,3)20-13(18)15-11(16)9-6-4-5-8-7-19-12(17)10(8)9/h4-6H,7H2,1-3H3,(H,15,16,18). The zero-order chi connectivity index (χ0) is 14.9. The van der Waals surface area contributed by atoms with Crippen LogP contribution in [0.5, 0.6) is 0 Å². The number of hydrogen-bond donors (Lipinski definition) is 1. The molecule has 2 rings (SSSR count). The van der Waals surface area contributed by atoms with Gasteiger partial charge in [0.05, 0.1) is 11.1 Å². The molecule has 1 aromatic rings. The highest BCUT2D eigenvalue weighted by molar-refractivity contribution is 6.10. The summed E-state index contributed by atoms with van der Waals surface area (Å²) < 4.78 is 9.85. The summed E-state index contributed by atoms with van der Waals surface area (Å²) in [5, 5.41) is 2.10. The smallest absolute Gasteiger partial charge is 0.414 e. The summed E-state index contributed by atoms with van der Waals surface area (Å²) in [7, 11) is 0. The van der Waals surface area contributed by atoms with Gasteiger partial charge < -0.3 is 9.47 Å². The Morgan fingerprint density at radius 3 is 2.65 bits per heavy atom. The molecule has 1 N–H and O–H groups in total. The van der Waals surface area contributed by atoms with Crippen LogP contribution in [0.15, 0.2) is 18.2 Å². The van der Waals surface area contributed by atoms with E-state index < -0.39 is 23.6 Å². The van der Waals surface area contributed by atoms with Crippen molar-refractivity contribution in [3.63, 3.8) is 0 Å². The molecule has 106 valence electrons. The third-order valence-corrected chi connectivity index (χ3v) is 2.57. The lowest BCUT2D eigenvalue weighted by molar-refractivity contribution is 0.0494. The van der Waals surface area contributed by atoms with Gasteiger partial charge in [0.2, 0.25) is 0 Å². The quantitative estimate of drug-likeness (QED) is 0.794. The molecule has 2 amide bonds. The van der Waals surface area contributed by atoms with Crippen molar-refractivity contribution in [2.45, 2.75) is 33.0 Å². The molecule has 1 aliphatic heterocycles. The number of imide groups is 1. The van der Waals surface area contributed by atoms with Gasteiger partial charge in [-0.05, 0) is 26.8 Å². The van der Waals surface area contributed by atoms with Gasteiger partial charge in [-0.15, -0.1) is 0 Å². The molecule has 0 radical (unpaired) electrons. The summed E-state index contributed by atoms with van der Waals surface area (Å²) >= 11 is 0. The molecule has 0 spiro atoms. The summed E-state index contributed by atoms with van der Waals surface area (Å²) in [6, 6.07) is 4.79. The number of cyclic esters (lactones) is 1. The van der Waals surface area contributed by atoms with Crippen LogP contribution < -0.4 is 5.32 Å². The van der Waals surface area contributed by atoms with E-state index in [9.17, 15) is 14.4 Å². The molecular weight excluding hydrogens is 262 g/mol. The topological polar surface area (TPSA) is 81.7 Å². The van der Waals surface area contributed by atoms with Gasteiger partial charge in [-0.3, -0.25) is 10.1 Å². The Bertz CT molecular complexity index is 586. The molecular formula is C14H15NO5. The van der Waals surface area contributed by atoms with Crippen LogP contribution in [0.2, 0.25) is 0 Å². The van der Waals surface area contributed by atoms with Crippen LogP contribution in [-0.4, -0.2) is 23.6 Å². The first kappa shape index (κ1) is 14.0. The Balaban J connectivity index is 2.17. The summed E-state index contributed by atoms with van der Waals surface area (Å²) in [6.07, 6.45) is -0.855. The number of esters is 1. The monoisotopic (exact) mass is 277 g/mol. The van der Waals surface area contributed by atoms with Crippen molar-refractivity contribution in [3.05, 3.63) is 34.9 Å². The largest absolute Gasteiger partial charge is 0.457 e. The summed E-state index contributed by atoms with van der Waals surface area (Å²) in [4.78, 5) is 35.2. The number of alkyl carbamates (subject to hydrolysis) is 1. The third kappa shape index (κ3) is 2.96. The lowest BCUT2D eigenvalue weighted by Gasteiger charge is -2.19. The number of amides is 2. The molecule has 0 fully saturated rings. The van der Waals surface area contributed by atoms with E-state index in [0.29, 0.717) is 5.56 Å². The first-order valence-corrected chi connectivity index (χ1v) is 6.11. The van der Waals surface area contributed by atoms with Crippen LogP contribution in [0.25, 0.3) is 0 Å². The highest BCUT2D eigenvalue weighted by atomic mass is 16.6. The fourth-order valence-corrected chi connectivity index (χ4v) is 1.83. The number of benzene rings is 1. The average Bonchev–Trinajstić information content (AvgIpc) is 2.68. The van der Waals surface area contributed by atoms with Gasteiger partial charge in [0.25, 0.3) is 5.91 Å². The van der Waals surface area contributed by atoms with Gasteiger partial charge in [0, 0.05) is 5.56 Å². The van der Waals surface area contributed by atoms with E-state index in [1.54, 1.807) is 32.9 Å². The Hall–Kier alpha value is -2.37. The molecule has 6 heteroatoms. The maximum atomic E-state index is 12.0. The number of ether oxygens (including phenoxy) is 2. The molecule has 0 bridgehead atoms. The Morgan fingerprint density at radius 1 is 1.30 bits per heavy atom. The maximum absolute atomic E-state index is 12.0. The number of hydrogen-bond acceptors (Lipinski definition) is 5. The summed E-state index contributed by atoms with van der Waals surface area (Å²) in [5.41, 5.74) is 0.235. The van der Waals surface area contributed by atoms with Crippen LogP contribution in [0.4, 0.5) is 4.79 Å². The highest BCUT2D eigenvalue weighted by Gasteiger charge is 2.28. The third-order valence-electron chi connectivity index (χ3n) is 2.57. The van der Waals surface area contributed by atoms with E-state index in [4.69, 9.17) is 9.47 Å². The van der Waals surface area contributed by atoms with Gasteiger partial charge >= 0.3 is 12.1 Å². The average molecular weight is 277 g/mol. The van der Waals surface area contributed by atoms with E-state index in [1.165, 1.54) is 6.07 Å². The molecule has 0 aromatic heterocycles. The van der Waals surface area contributed by atoms with E-state index in [2.05, 4.69) is 5.32 Å². The SMILES string of the molecule is CC(C)(C)OC(=O)NC(=O)c1cccc2c1C(=O)OC2. The van der Waals surface area contributed by atoms with E-state index in [-0.39, 0.29) is 17.7 Å². The van der Waals surface area contributed by atoms with Crippen molar-refractivity contribution in [1.29, 1.82) is 0 Å². The predicted molar refractivity (Wildman–Crippen MR) is 69.3 cm³/mol. The molecule has 1 aromatic carbocycles. The Kier molecular flexibility index (Phi) is 3.48. The fourth-order valence-electron chi connectivity index (χ4n) is 1.83. The number of carbonyl (C=O) groups excluding carboxylic acids is 3. The van der Waals surface area contributed by atoms with Gasteiger partial charge in [0.1, 0.15) is 12.2 Å². The van der Waals surface area contributed by atoms with Gasteiger partial charge in [-0.2, -0.15) is 0 Å². The Labute approximate surface area is 116 Å². The van der Waals surface area contributed by atoms with Crippen molar-refractivity contribution in [2.24, 2.45) is 0 Å². The molecule has 0 saturated carbocycles. The second-order valence-corrected chi connectivity index (χ2v) is 5.37. The van der Waals surface area contributed by atoms with E-state index in [1.807, 2.05) is 0 Å². The van der Waals surface area contributed by atoms with Crippen molar-refractivity contribution in [3.8, 4) is 0 Å².